The van der Waals surface area contributed by atoms with E-state index in [0.717, 1.165) is 0 Å². The highest BCUT2D eigenvalue weighted by atomic mass is 16.5. The first kappa shape index (κ1) is 16.1. The molecule has 9 heteroatoms. The number of hydrogen-bond donors (Lipinski definition) is 2. The van der Waals surface area contributed by atoms with E-state index in [-0.39, 0.29) is 17.4 Å². The average Bonchev–Trinajstić information content (AvgIpc) is 2.97. The van der Waals surface area contributed by atoms with Gasteiger partial charge < -0.3 is 9.84 Å². The lowest BCUT2D eigenvalue weighted by molar-refractivity contribution is 0.187. The SMILES string of the molecule is COC(=O)Nc1nn(-c2ccccc2)c(O)c1/N=N/c1cccnc1. The smallest absolute Gasteiger partial charge is 0.412 e. The molecule has 3 aromatic rings. The van der Waals surface area contributed by atoms with Gasteiger partial charge in [-0.3, -0.25) is 10.3 Å². The van der Waals surface area contributed by atoms with Crippen molar-refractivity contribution in [2.24, 2.45) is 10.2 Å². The number of azo groups is 1. The van der Waals surface area contributed by atoms with E-state index in [2.05, 4.69) is 30.4 Å². The van der Waals surface area contributed by atoms with Crippen LogP contribution in [0.25, 0.3) is 5.69 Å². The molecule has 0 bridgehead atoms. The van der Waals surface area contributed by atoms with Gasteiger partial charge in [0.05, 0.1) is 19.0 Å². The predicted octanol–water partition coefficient (Wildman–Crippen LogP) is 3.57. The normalized spacial score (nSPS) is 10.8. The number of carbonyl (C=O) groups excluding carboxylic acids is 1. The molecule has 0 spiro atoms. The monoisotopic (exact) mass is 338 g/mol. The van der Waals surface area contributed by atoms with Crippen molar-refractivity contribution >= 4 is 23.3 Å². The third kappa shape index (κ3) is 3.61. The Bertz CT molecular complexity index is 893. The topological polar surface area (TPSA) is 114 Å². The van der Waals surface area contributed by atoms with Crippen LogP contribution in [0.5, 0.6) is 5.88 Å². The van der Waals surface area contributed by atoms with Crippen LogP contribution in [0.4, 0.5) is 22.0 Å². The minimum Gasteiger partial charge on any atom is -0.492 e. The van der Waals surface area contributed by atoms with Crippen molar-refractivity contribution in [3.05, 3.63) is 54.9 Å². The largest absolute Gasteiger partial charge is 0.492 e. The van der Waals surface area contributed by atoms with Gasteiger partial charge in [0.1, 0.15) is 5.69 Å². The second-order valence-electron chi connectivity index (χ2n) is 4.80. The van der Waals surface area contributed by atoms with Gasteiger partial charge in [-0.1, -0.05) is 18.2 Å². The third-order valence-electron chi connectivity index (χ3n) is 3.15. The summed E-state index contributed by atoms with van der Waals surface area (Å²) in [5.41, 5.74) is 1.08. The Hall–Kier alpha value is -3.75. The van der Waals surface area contributed by atoms with E-state index in [9.17, 15) is 9.90 Å². The van der Waals surface area contributed by atoms with Crippen LogP contribution >= 0.6 is 0 Å². The van der Waals surface area contributed by atoms with E-state index >= 15 is 0 Å². The van der Waals surface area contributed by atoms with Gasteiger partial charge in [-0.2, -0.15) is 4.68 Å². The summed E-state index contributed by atoms with van der Waals surface area (Å²) < 4.78 is 5.80. The number of ether oxygens (including phenoxy) is 1. The molecule has 2 heterocycles. The molecule has 3 rings (SSSR count). The number of aromatic hydroxyl groups is 1. The van der Waals surface area contributed by atoms with Crippen molar-refractivity contribution in [1.29, 1.82) is 0 Å². The number of methoxy groups -OCH3 is 1. The second kappa shape index (κ2) is 7.21. The number of benzene rings is 1. The van der Waals surface area contributed by atoms with E-state index in [1.807, 2.05) is 6.07 Å². The standard InChI is InChI=1S/C16H14N6O3/c1-25-16(24)18-14-13(20-19-11-6-5-9-17-10-11)15(23)22(21-14)12-7-3-2-4-8-12/h2-10,23H,1H3,(H,18,21,24)/b20-19+. The number of hydrogen-bond acceptors (Lipinski definition) is 7. The van der Waals surface area contributed by atoms with Crippen LogP contribution in [-0.2, 0) is 4.74 Å². The summed E-state index contributed by atoms with van der Waals surface area (Å²) in [5, 5.41) is 25.0. The molecule has 0 unspecified atom stereocenters. The fraction of sp³-hybridized carbons (Fsp3) is 0.0625. The molecule has 0 atom stereocenters. The van der Waals surface area contributed by atoms with Gasteiger partial charge in [0.15, 0.2) is 11.5 Å². The minimum absolute atomic E-state index is 0.00175. The van der Waals surface area contributed by atoms with Gasteiger partial charge in [-0.15, -0.1) is 15.3 Å². The Kier molecular flexibility index (Phi) is 4.65. The first-order valence-corrected chi connectivity index (χ1v) is 7.23. The number of para-hydroxylation sites is 1. The number of rotatable bonds is 4. The third-order valence-corrected chi connectivity index (χ3v) is 3.15. The number of nitrogens with zero attached hydrogens (tertiary/aromatic N) is 5. The predicted molar refractivity (Wildman–Crippen MR) is 89.7 cm³/mol. The van der Waals surface area contributed by atoms with Gasteiger partial charge >= 0.3 is 6.09 Å². The van der Waals surface area contributed by atoms with Crippen molar-refractivity contribution in [3.8, 4) is 11.6 Å². The molecule has 0 aliphatic carbocycles. The summed E-state index contributed by atoms with van der Waals surface area (Å²) in [7, 11) is 1.22. The lowest BCUT2D eigenvalue weighted by atomic mass is 10.3. The van der Waals surface area contributed by atoms with Crippen molar-refractivity contribution in [2.75, 3.05) is 12.4 Å². The molecule has 0 saturated heterocycles. The van der Waals surface area contributed by atoms with Crippen LogP contribution in [0.1, 0.15) is 0 Å². The van der Waals surface area contributed by atoms with E-state index in [1.54, 1.807) is 42.6 Å². The molecular formula is C16H14N6O3. The van der Waals surface area contributed by atoms with Crippen LogP contribution < -0.4 is 5.32 Å². The Morgan fingerprint density at radius 3 is 2.68 bits per heavy atom. The van der Waals surface area contributed by atoms with Gasteiger partial charge in [0.2, 0.25) is 5.88 Å². The maximum absolute atomic E-state index is 11.5. The van der Waals surface area contributed by atoms with Crippen molar-refractivity contribution < 1.29 is 14.6 Å². The first-order valence-electron chi connectivity index (χ1n) is 7.23. The lowest BCUT2D eigenvalue weighted by Crippen LogP contribution is -2.11. The molecule has 25 heavy (non-hydrogen) atoms. The van der Waals surface area contributed by atoms with Crippen LogP contribution in [0.15, 0.2) is 65.1 Å². The number of amides is 1. The fourth-order valence-electron chi connectivity index (χ4n) is 1.99. The quantitative estimate of drug-likeness (QED) is 0.706. The fourth-order valence-corrected chi connectivity index (χ4v) is 1.99. The van der Waals surface area contributed by atoms with Gasteiger partial charge in [0, 0.05) is 6.20 Å². The zero-order valence-electron chi connectivity index (χ0n) is 13.2. The molecule has 2 aromatic heterocycles. The minimum atomic E-state index is -0.740. The maximum atomic E-state index is 11.5. The Labute approximate surface area is 142 Å². The van der Waals surface area contributed by atoms with Gasteiger partial charge in [0.25, 0.3) is 0 Å². The zero-order chi connectivity index (χ0) is 17.6. The number of pyridine rings is 1. The molecule has 126 valence electrons. The molecule has 0 aliphatic rings. The highest BCUT2D eigenvalue weighted by molar-refractivity contribution is 5.88. The Balaban J connectivity index is 2.03. The lowest BCUT2D eigenvalue weighted by Gasteiger charge is -2.01. The van der Waals surface area contributed by atoms with E-state index < -0.39 is 6.09 Å². The summed E-state index contributed by atoms with van der Waals surface area (Å²) >= 11 is 0. The highest BCUT2D eigenvalue weighted by Gasteiger charge is 2.20. The Morgan fingerprint density at radius 2 is 2.00 bits per heavy atom. The van der Waals surface area contributed by atoms with Crippen LogP contribution in [0.2, 0.25) is 0 Å². The number of carbonyl (C=O) groups is 1. The Morgan fingerprint density at radius 1 is 1.20 bits per heavy atom. The average molecular weight is 338 g/mol. The maximum Gasteiger partial charge on any atom is 0.412 e. The van der Waals surface area contributed by atoms with Crippen molar-refractivity contribution in [3.63, 3.8) is 0 Å². The second-order valence-corrected chi connectivity index (χ2v) is 4.80. The molecule has 9 nitrogen and oxygen atoms in total. The van der Waals surface area contributed by atoms with Crippen LogP contribution in [0.3, 0.4) is 0 Å². The first-order chi connectivity index (χ1) is 12.2. The van der Waals surface area contributed by atoms with Gasteiger partial charge in [-0.05, 0) is 24.3 Å². The molecule has 0 fully saturated rings. The van der Waals surface area contributed by atoms with E-state index in [4.69, 9.17) is 0 Å². The van der Waals surface area contributed by atoms with Crippen LogP contribution in [0, 0.1) is 0 Å². The van der Waals surface area contributed by atoms with Crippen LogP contribution in [-0.4, -0.2) is 33.1 Å². The number of anilines is 1. The molecular weight excluding hydrogens is 324 g/mol. The van der Waals surface area contributed by atoms with Crippen molar-refractivity contribution in [2.45, 2.75) is 0 Å². The van der Waals surface area contributed by atoms with E-state index in [1.165, 1.54) is 18.0 Å². The highest BCUT2D eigenvalue weighted by Crippen LogP contribution is 2.37. The summed E-state index contributed by atoms with van der Waals surface area (Å²) in [6.45, 7) is 0. The molecule has 0 aliphatic heterocycles. The number of aromatic nitrogens is 3. The summed E-state index contributed by atoms with van der Waals surface area (Å²) in [6.07, 6.45) is 2.37. The molecule has 0 saturated carbocycles. The molecule has 1 amide bonds. The summed E-state index contributed by atoms with van der Waals surface area (Å²) in [5.74, 6) is -0.258. The summed E-state index contributed by atoms with van der Waals surface area (Å²) in [6, 6.07) is 12.3. The zero-order valence-corrected chi connectivity index (χ0v) is 13.2. The number of nitrogens with one attached hydrogen (secondary N) is 1. The summed E-state index contributed by atoms with van der Waals surface area (Å²) in [4.78, 5) is 15.4. The van der Waals surface area contributed by atoms with Crippen molar-refractivity contribution in [1.82, 2.24) is 14.8 Å². The molecule has 1 aromatic carbocycles. The molecule has 0 radical (unpaired) electrons. The van der Waals surface area contributed by atoms with Gasteiger partial charge in [-0.25, -0.2) is 4.79 Å². The molecule has 2 N–H and O–H groups in total. The van der Waals surface area contributed by atoms with E-state index in [0.29, 0.717) is 11.4 Å².